The quantitative estimate of drug-likeness (QED) is 0.132. The van der Waals surface area contributed by atoms with Crippen LogP contribution in [0.5, 0.6) is 0 Å². The average Bonchev–Trinajstić information content (AvgIpc) is 3.83. The zero-order chi connectivity index (χ0) is 31.2. The van der Waals surface area contributed by atoms with Crippen molar-refractivity contribution in [3.05, 3.63) is 126 Å². The van der Waals surface area contributed by atoms with Gasteiger partial charge < -0.3 is 0 Å². The van der Waals surface area contributed by atoms with Crippen molar-refractivity contribution in [3.8, 4) is 9.75 Å². The van der Waals surface area contributed by atoms with E-state index in [1.54, 1.807) is 0 Å². The third-order valence-electron chi connectivity index (χ3n) is 9.81. The van der Waals surface area contributed by atoms with E-state index < -0.39 is 0 Å². The van der Waals surface area contributed by atoms with Crippen LogP contribution < -0.4 is 0 Å². The molecule has 0 nitrogen and oxygen atoms in total. The first-order valence-electron chi connectivity index (χ1n) is 14.8. The van der Waals surface area contributed by atoms with Crippen LogP contribution in [0, 0.1) is 0 Å². The highest BCUT2D eigenvalue weighted by molar-refractivity contribution is 7.84. The molecule has 3 heterocycles. The Kier molecular flexibility index (Phi) is 6.02. The summed E-state index contributed by atoms with van der Waals surface area (Å²) < 4.78 is 2.74. The molecule has 0 radical (unpaired) electrons. The van der Waals surface area contributed by atoms with Gasteiger partial charge in [0, 0.05) is 63.6 Å². The molecule has 0 spiro atoms. The van der Waals surface area contributed by atoms with E-state index in [-0.39, 0.29) is 10.8 Å². The van der Waals surface area contributed by atoms with E-state index in [2.05, 4.69) is 76.3 Å². The molecule has 0 unspecified atom stereocenters. The van der Waals surface area contributed by atoms with Crippen LogP contribution >= 0.6 is 82.9 Å². The van der Waals surface area contributed by atoms with Crippen LogP contribution in [-0.4, -0.2) is 19.5 Å². The van der Waals surface area contributed by atoms with E-state index >= 15 is 0 Å². The molecule has 218 valence electrons. The fourth-order valence-electron chi connectivity index (χ4n) is 7.55. The van der Waals surface area contributed by atoms with E-state index in [0.717, 1.165) is 52.9 Å². The Morgan fingerprint density at radius 2 is 1.09 bits per heavy atom. The summed E-state index contributed by atoms with van der Waals surface area (Å²) in [7, 11) is 0. The maximum Gasteiger partial charge on any atom is 0.0543 e. The first-order chi connectivity index (χ1) is 21.5. The normalized spacial score (nSPS) is 18.4. The van der Waals surface area contributed by atoms with Gasteiger partial charge in [-0.15, -0.1) is 34.0 Å². The molecule has 45 heavy (non-hydrogen) atoms. The molecular weight excluding hydrogens is 681 g/mol. The zero-order valence-corrected chi connectivity index (χ0v) is 30.5. The summed E-state index contributed by atoms with van der Waals surface area (Å²) in [5.41, 5.74) is 11.8. The van der Waals surface area contributed by atoms with Crippen LogP contribution in [0.3, 0.4) is 0 Å². The van der Waals surface area contributed by atoms with Crippen LogP contribution in [-0.2, 0) is 10.8 Å². The molecule has 3 aromatic heterocycles. The van der Waals surface area contributed by atoms with Gasteiger partial charge in [-0.2, -0.15) is 0 Å². The molecule has 4 aliphatic rings. The molecular formula is C38H24S7. The molecule has 7 heteroatoms. The van der Waals surface area contributed by atoms with Gasteiger partial charge in [-0.05, 0) is 46.6 Å². The highest BCUT2D eigenvalue weighted by atomic mass is 32.1. The first-order valence-corrected chi connectivity index (χ1v) is 18.8. The molecule has 2 aromatic carbocycles. The van der Waals surface area contributed by atoms with Crippen LogP contribution in [0.15, 0.2) is 77.4 Å². The van der Waals surface area contributed by atoms with E-state index in [0.29, 0.717) is 0 Å². The molecule has 0 N–H and O–H groups in total. The van der Waals surface area contributed by atoms with Gasteiger partial charge in [0.15, 0.2) is 0 Å². The van der Waals surface area contributed by atoms with Gasteiger partial charge in [-0.3, -0.25) is 0 Å². The van der Waals surface area contributed by atoms with Crippen molar-refractivity contribution in [3.63, 3.8) is 0 Å². The second-order valence-corrected chi connectivity index (χ2v) is 17.9. The van der Waals surface area contributed by atoms with Crippen LogP contribution in [0.1, 0.15) is 76.4 Å². The predicted molar refractivity (Wildman–Crippen MR) is 212 cm³/mol. The summed E-state index contributed by atoms with van der Waals surface area (Å²) in [6.45, 7) is 9.55. The molecule has 0 atom stereocenters. The maximum absolute atomic E-state index is 5.93. The fourth-order valence-corrected chi connectivity index (χ4v) is 13.7. The van der Waals surface area contributed by atoms with E-state index in [9.17, 15) is 0 Å². The van der Waals surface area contributed by atoms with Crippen molar-refractivity contribution in [2.24, 2.45) is 0 Å². The molecule has 5 aromatic rings. The number of allylic oxidation sites excluding steroid dienone is 4. The third kappa shape index (κ3) is 3.72. The van der Waals surface area contributed by atoms with E-state index in [1.807, 2.05) is 58.3 Å². The molecule has 0 fully saturated rings. The van der Waals surface area contributed by atoms with Crippen LogP contribution in [0.25, 0.3) is 31.3 Å². The second-order valence-electron chi connectivity index (χ2n) is 13.1. The largest absolute Gasteiger partial charge is 0.135 e. The molecule has 0 bridgehead atoms. The SMILES string of the molecule is CC1(C)C(C=C2C(=S)c3ccccc3C2=S)=Cc2sc3c(c21)C(C)(C)c1c-3sc2cc(C=C3C(=S)c4ccccc4C3=S)sc12. The Morgan fingerprint density at radius 3 is 1.64 bits per heavy atom. The lowest BCUT2D eigenvalue weighted by Crippen LogP contribution is -2.24. The van der Waals surface area contributed by atoms with Gasteiger partial charge in [-0.1, -0.05) is 125 Å². The Labute approximate surface area is 295 Å². The highest BCUT2D eigenvalue weighted by Crippen LogP contribution is 2.64. The van der Waals surface area contributed by atoms with Crippen molar-refractivity contribution in [1.29, 1.82) is 0 Å². The van der Waals surface area contributed by atoms with Crippen LogP contribution in [0.4, 0.5) is 0 Å². The minimum atomic E-state index is -0.162. The van der Waals surface area contributed by atoms with Crippen molar-refractivity contribution in [2.45, 2.75) is 38.5 Å². The Hall–Kier alpha value is -2.62. The van der Waals surface area contributed by atoms with Gasteiger partial charge in [0.25, 0.3) is 0 Å². The molecule has 4 aliphatic carbocycles. The summed E-state index contributed by atoms with van der Waals surface area (Å²) in [5.74, 6) is 0. The Balaban J connectivity index is 1.11. The lowest BCUT2D eigenvalue weighted by atomic mass is 9.73. The number of thiophene rings is 3. The van der Waals surface area contributed by atoms with Gasteiger partial charge in [0.2, 0.25) is 0 Å². The molecule has 0 aliphatic heterocycles. The van der Waals surface area contributed by atoms with E-state index in [4.69, 9.17) is 48.9 Å². The lowest BCUT2D eigenvalue weighted by molar-refractivity contribution is 0.603. The molecule has 0 saturated heterocycles. The minimum absolute atomic E-state index is 0.113. The first kappa shape index (κ1) is 28.6. The molecule has 0 amide bonds. The summed E-state index contributed by atoms with van der Waals surface area (Å²) >= 11 is 29.3. The summed E-state index contributed by atoms with van der Waals surface area (Å²) in [6, 6.07) is 18.8. The van der Waals surface area contributed by atoms with Crippen molar-refractivity contribution >= 4 is 124 Å². The average molecular weight is 705 g/mol. The number of benzene rings is 2. The summed E-state index contributed by atoms with van der Waals surface area (Å²) in [5, 5.41) is 0. The second kappa shape index (κ2) is 9.48. The van der Waals surface area contributed by atoms with E-state index in [1.165, 1.54) is 51.2 Å². The molecule has 9 rings (SSSR count). The predicted octanol–water partition coefficient (Wildman–Crippen LogP) is 11.6. The Bertz CT molecular complexity index is 2310. The van der Waals surface area contributed by atoms with Gasteiger partial charge in [-0.25, -0.2) is 0 Å². The summed E-state index contributed by atoms with van der Waals surface area (Å²) in [6.07, 6.45) is 6.88. The monoisotopic (exact) mass is 704 g/mol. The van der Waals surface area contributed by atoms with Crippen molar-refractivity contribution in [2.75, 3.05) is 0 Å². The fraction of sp³-hybridized carbons (Fsp3) is 0.158. The maximum atomic E-state index is 5.93. The van der Waals surface area contributed by atoms with Gasteiger partial charge in [0.05, 0.1) is 29.0 Å². The molecule has 0 saturated carbocycles. The van der Waals surface area contributed by atoms with Gasteiger partial charge in [0.1, 0.15) is 0 Å². The number of hydrogen-bond donors (Lipinski definition) is 0. The minimum Gasteiger partial charge on any atom is -0.135 e. The number of fused-ring (bicyclic) bond motifs is 9. The number of hydrogen-bond acceptors (Lipinski definition) is 7. The Morgan fingerprint density at radius 1 is 0.578 bits per heavy atom. The highest BCUT2D eigenvalue weighted by Gasteiger charge is 2.48. The third-order valence-corrected chi connectivity index (χ3v) is 15.2. The number of thiocarbonyl (C=S) groups is 4. The topological polar surface area (TPSA) is 0 Å². The lowest BCUT2D eigenvalue weighted by Gasteiger charge is -2.29. The van der Waals surface area contributed by atoms with Gasteiger partial charge >= 0.3 is 0 Å². The number of rotatable bonds is 2. The zero-order valence-electron chi connectivity index (χ0n) is 24.8. The summed E-state index contributed by atoms with van der Waals surface area (Å²) in [4.78, 5) is 8.91. The standard InChI is InChI=1S/C38H24S7/c1-37(2)17(13-23-30(39)19-9-5-6-10-20(19)31(23)40)14-25-27(37)28-35(44-25)36-29(38(28,3)4)34-26(45-36)16-18(43-34)15-24-32(41)21-11-7-8-12-22(21)33(24)42/h5-16H,1-4H3. The smallest absolute Gasteiger partial charge is 0.0543 e. The van der Waals surface area contributed by atoms with Crippen molar-refractivity contribution < 1.29 is 0 Å². The van der Waals surface area contributed by atoms with Crippen molar-refractivity contribution in [1.82, 2.24) is 0 Å². The van der Waals surface area contributed by atoms with Crippen LogP contribution in [0.2, 0.25) is 0 Å².